The van der Waals surface area contributed by atoms with E-state index in [4.69, 9.17) is 5.73 Å². The zero-order valence-corrected chi connectivity index (χ0v) is 9.95. The predicted octanol–water partition coefficient (Wildman–Crippen LogP) is -0.245. The first kappa shape index (κ1) is 13.0. The maximum Gasteiger partial charge on any atom is 0.242 e. The molecule has 5 heteroatoms. The molecular weight excluding hydrogens is 206 g/mol. The van der Waals surface area contributed by atoms with Gasteiger partial charge in [0.15, 0.2) is 0 Å². The van der Waals surface area contributed by atoms with Gasteiger partial charge in [-0.15, -0.1) is 0 Å². The Morgan fingerprint density at radius 3 is 2.44 bits per heavy atom. The van der Waals surface area contributed by atoms with Crippen molar-refractivity contribution >= 4 is 11.8 Å². The van der Waals surface area contributed by atoms with E-state index in [0.29, 0.717) is 19.0 Å². The Morgan fingerprint density at radius 2 is 1.94 bits per heavy atom. The van der Waals surface area contributed by atoms with E-state index in [1.165, 1.54) is 0 Å². The van der Waals surface area contributed by atoms with E-state index >= 15 is 0 Å². The molecule has 2 atom stereocenters. The lowest BCUT2D eigenvalue weighted by Crippen LogP contribution is -2.47. The van der Waals surface area contributed by atoms with Gasteiger partial charge in [-0.05, 0) is 32.7 Å². The van der Waals surface area contributed by atoms with E-state index in [1.807, 2.05) is 6.92 Å². The SMILES string of the molecule is CC(CCN)C(=O)NC(C)C(=O)NC1CC1. The largest absolute Gasteiger partial charge is 0.352 e. The van der Waals surface area contributed by atoms with Crippen LogP contribution in [0.3, 0.4) is 0 Å². The number of rotatable bonds is 6. The van der Waals surface area contributed by atoms with Crippen LogP contribution in [0.5, 0.6) is 0 Å². The lowest BCUT2D eigenvalue weighted by atomic mass is 10.1. The van der Waals surface area contributed by atoms with Crippen LogP contribution in [0.25, 0.3) is 0 Å². The zero-order chi connectivity index (χ0) is 12.1. The number of hydrogen-bond donors (Lipinski definition) is 3. The number of carbonyl (C=O) groups excluding carboxylic acids is 2. The normalized spacial score (nSPS) is 18.7. The van der Waals surface area contributed by atoms with Gasteiger partial charge in [-0.2, -0.15) is 0 Å². The number of hydrogen-bond acceptors (Lipinski definition) is 3. The predicted molar refractivity (Wildman–Crippen MR) is 61.6 cm³/mol. The molecule has 0 aromatic heterocycles. The fourth-order valence-corrected chi connectivity index (χ4v) is 1.36. The Morgan fingerprint density at radius 1 is 1.31 bits per heavy atom. The summed E-state index contributed by atoms with van der Waals surface area (Å²) in [6, 6.07) is -0.137. The number of nitrogens with two attached hydrogens (primary N) is 1. The summed E-state index contributed by atoms with van der Waals surface area (Å²) in [7, 11) is 0. The molecule has 1 rings (SSSR count). The zero-order valence-electron chi connectivity index (χ0n) is 9.95. The summed E-state index contributed by atoms with van der Waals surface area (Å²) in [5.41, 5.74) is 5.37. The number of amides is 2. The molecule has 0 aromatic rings. The average Bonchev–Trinajstić information content (AvgIpc) is 3.01. The maximum absolute atomic E-state index is 11.6. The van der Waals surface area contributed by atoms with E-state index < -0.39 is 6.04 Å². The van der Waals surface area contributed by atoms with Gasteiger partial charge in [0, 0.05) is 12.0 Å². The van der Waals surface area contributed by atoms with E-state index in [-0.39, 0.29) is 17.7 Å². The Balaban J connectivity index is 2.28. The molecular formula is C11H21N3O2. The van der Waals surface area contributed by atoms with Gasteiger partial charge in [-0.25, -0.2) is 0 Å². The van der Waals surface area contributed by atoms with Gasteiger partial charge in [0.2, 0.25) is 11.8 Å². The molecule has 2 unspecified atom stereocenters. The lowest BCUT2D eigenvalue weighted by molar-refractivity contribution is -0.130. The second-order valence-corrected chi connectivity index (χ2v) is 4.49. The minimum Gasteiger partial charge on any atom is -0.352 e. The molecule has 16 heavy (non-hydrogen) atoms. The van der Waals surface area contributed by atoms with E-state index in [9.17, 15) is 9.59 Å². The summed E-state index contributed by atoms with van der Waals surface area (Å²) >= 11 is 0. The van der Waals surface area contributed by atoms with Crippen molar-refractivity contribution in [2.45, 2.75) is 45.2 Å². The molecule has 4 N–H and O–H groups in total. The molecule has 1 saturated carbocycles. The average molecular weight is 227 g/mol. The summed E-state index contributed by atoms with van der Waals surface area (Å²) in [5, 5.41) is 5.54. The molecule has 0 heterocycles. The molecule has 2 amide bonds. The second-order valence-electron chi connectivity index (χ2n) is 4.49. The summed E-state index contributed by atoms with van der Waals surface area (Å²) in [6.45, 7) is 4.00. The molecule has 1 aliphatic carbocycles. The van der Waals surface area contributed by atoms with Crippen LogP contribution in [0.1, 0.15) is 33.1 Å². The molecule has 92 valence electrons. The van der Waals surface area contributed by atoms with Crippen LogP contribution >= 0.6 is 0 Å². The van der Waals surface area contributed by atoms with Crippen LogP contribution in [-0.4, -0.2) is 30.4 Å². The molecule has 0 spiro atoms. The second kappa shape index (κ2) is 5.84. The van der Waals surface area contributed by atoms with Gasteiger partial charge < -0.3 is 16.4 Å². The Kier molecular flexibility index (Phi) is 4.73. The van der Waals surface area contributed by atoms with Gasteiger partial charge in [0.1, 0.15) is 6.04 Å². The van der Waals surface area contributed by atoms with Gasteiger partial charge in [0.25, 0.3) is 0 Å². The highest BCUT2D eigenvalue weighted by Crippen LogP contribution is 2.18. The highest BCUT2D eigenvalue weighted by atomic mass is 16.2. The van der Waals surface area contributed by atoms with Crippen molar-refractivity contribution in [2.75, 3.05) is 6.54 Å². The van der Waals surface area contributed by atoms with Crippen LogP contribution in [-0.2, 0) is 9.59 Å². The molecule has 0 aliphatic heterocycles. The molecule has 0 saturated heterocycles. The smallest absolute Gasteiger partial charge is 0.242 e. The van der Waals surface area contributed by atoms with E-state index in [1.54, 1.807) is 6.92 Å². The van der Waals surface area contributed by atoms with Crippen LogP contribution in [0.15, 0.2) is 0 Å². The molecule has 1 aliphatic rings. The van der Waals surface area contributed by atoms with Gasteiger partial charge >= 0.3 is 0 Å². The first-order valence-electron chi connectivity index (χ1n) is 5.85. The first-order chi connectivity index (χ1) is 7.54. The number of nitrogens with one attached hydrogen (secondary N) is 2. The van der Waals surface area contributed by atoms with E-state index in [0.717, 1.165) is 12.8 Å². The maximum atomic E-state index is 11.6. The fraction of sp³-hybridized carbons (Fsp3) is 0.818. The van der Waals surface area contributed by atoms with Crippen molar-refractivity contribution in [1.29, 1.82) is 0 Å². The van der Waals surface area contributed by atoms with Crippen molar-refractivity contribution in [2.24, 2.45) is 11.7 Å². The molecule has 0 aromatic carbocycles. The topological polar surface area (TPSA) is 84.2 Å². The Hall–Kier alpha value is -1.10. The first-order valence-corrected chi connectivity index (χ1v) is 5.85. The highest BCUT2D eigenvalue weighted by Gasteiger charge is 2.26. The van der Waals surface area contributed by atoms with Crippen molar-refractivity contribution in [3.05, 3.63) is 0 Å². The van der Waals surface area contributed by atoms with Crippen molar-refractivity contribution in [3.63, 3.8) is 0 Å². The summed E-state index contributed by atoms with van der Waals surface area (Å²) in [6.07, 6.45) is 2.74. The van der Waals surface area contributed by atoms with Crippen molar-refractivity contribution in [1.82, 2.24) is 10.6 Å². The van der Waals surface area contributed by atoms with Gasteiger partial charge in [-0.3, -0.25) is 9.59 Å². The van der Waals surface area contributed by atoms with Crippen molar-refractivity contribution in [3.8, 4) is 0 Å². The molecule has 1 fully saturated rings. The summed E-state index contributed by atoms with van der Waals surface area (Å²) < 4.78 is 0. The minimum atomic E-state index is -0.465. The molecule has 0 bridgehead atoms. The van der Waals surface area contributed by atoms with Crippen LogP contribution in [0.4, 0.5) is 0 Å². The number of carbonyl (C=O) groups is 2. The van der Waals surface area contributed by atoms with E-state index in [2.05, 4.69) is 10.6 Å². The van der Waals surface area contributed by atoms with Crippen LogP contribution in [0, 0.1) is 5.92 Å². The third-order valence-corrected chi connectivity index (χ3v) is 2.72. The fourth-order valence-electron chi connectivity index (χ4n) is 1.36. The quantitative estimate of drug-likeness (QED) is 0.585. The van der Waals surface area contributed by atoms with Crippen LogP contribution in [0.2, 0.25) is 0 Å². The third-order valence-electron chi connectivity index (χ3n) is 2.72. The lowest BCUT2D eigenvalue weighted by Gasteiger charge is -2.16. The molecule has 0 radical (unpaired) electrons. The standard InChI is InChI=1S/C11H21N3O2/c1-7(5-6-12)10(15)13-8(2)11(16)14-9-3-4-9/h7-9H,3-6,12H2,1-2H3,(H,13,15)(H,14,16). The third kappa shape index (κ3) is 4.18. The van der Waals surface area contributed by atoms with Crippen molar-refractivity contribution < 1.29 is 9.59 Å². The summed E-state index contributed by atoms with van der Waals surface area (Å²) in [5.74, 6) is -0.346. The minimum absolute atomic E-state index is 0.101. The Labute approximate surface area is 96.1 Å². The summed E-state index contributed by atoms with van der Waals surface area (Å²) in [4.78, 5) is 23.2. The monoisotopic (exact) mass is 227 g/mol. The van der Waals surface area contributed by atoms with Gasteiger partial charge in [0.05, 0.1) is 0 Å². The van der Waals surface area contributed by atoms with Gasteiger partial charge in [-0.1, -0.05) is 6.92 Å². The highest BCUT2D eigenvalue weighted by molar-refractivity contribution is 5.88. The van der Waals surface area contributed by atoms with Crippen LogP contribution < -0.4 is 16.4 Å². The Bertz CT molecular complexity index is 264. The molecule has 5 nitrogen and oxygen atoms in total.